The number of rotatable bonds is 4. The van der Waals surface area contributed by atoms with E-state index in [1.165, 1.54) is 5.56 Å². The van der Waals surface area contributed by atoms with Crippen LogP contribution in [0.1, 0.15) is 17.0 Å². The van der Waals surface area contributed by atoms with Crippen molar-refractivity contribution in [2.24, 2.45) is 0 Å². The fourth-order valence-corrected chi connectivity index (χ4v) is 1.60. The molecule has 80 valence electrons. The summed E-state index contributed by atoms with van der Waals surface area (Å²) in [5.41, 5.74) is 2.38. The Hall–Kier alpha value is -2.09. The Morgan fingerprint density at radius 1 is 1.12 bits per heavy atom. The molecule has 2 nitrogen and oxygen atoms in total. The van der Waals surface area contributed by atoms with Crippen LogP contribution < -0.4 is 0 Å². The van der Waals surface area contributed by atoms with E-state index in [-0.39, 0.29) is 0 Å². The number of benzene rings is 1. The second-order valence-electron chi connectivity index (χ2n) is 3.56. The van der Waals surface area contributed by atoms with Gasteiger partial charge >= 0.3 is 0 Å². The lowest BCUT2D eigenvalue weighted by atomic mass is 10.1. The van der Waals surface area contributed by atoms with Crippen LogP contribution in [0.25, 0.3) is 12.2 Å². The Morgan fingerprint density at radius 3 is 2.50 bits per heavy atom. The van der Waals surface area contributed by atoms with E-state index in [0.717, 1.165) is 17.9 Å². The first kappa shape index (κ1) is 10.4. The van der Waals surface area contributed by atoms with E-state index in [1.807, 2.05) is 12.3 Å². The van der Waals surface area contributed by atoms with Crippen LogP contribution >= 0.6 is 0 Å². The molecule has 0 amide bonds. The number of nitrogens with zero attached hydrogens (tertiary/aromatic N) is 2. The van der Waals surface area contributed by atoms with Crippen LogP contribution in [-0.4, -0.2) is 9.55 Å². The molecular weight excluding hydrogens is 196 g/mol. The van der Waals surface area contributed by atoms with Crippen molar-refractivity contribution in [3.63, 3.8) is 0 Å². The maximum Gasteiger partial charge on any atom is 0.132 e. The molecule has 0 bridgehead atoms. The average Bonchev–Trinajstić information content (AvgIpc) is 2.77. The van der Waals surface area contributed by atoms with Gasteiger partial charge < -0.3 is 4.57 Å². The fraction of sp³-hybridized carbons (Fsp3) is 0.0714. The largest absolute Gasteiger partial charge is 0.327 e. The highest BCUT2D eigenvalue weighted by atomic mass is 15.0. The summed E-state index contributed by atoms with van der Waals surface area (Å²) < 4.78 is 2.07. The SMILES string of the molecule is C=Cc1ccc(Cn2ccnc2C=C)cc1. The molecule has 0 fully saturated rings. The molecule has 0 N–H and O–H groups in total. The first-order valence-corrected chi connectivity index (χ1v) is 5.18. The van der Waals surface area contributed by atoms with Crippen molar-refractivity contribution in [3.8, 4) is 0 Å². The normalized spacial score (nSPS) is 10.0. The lowest BCUT2D eigenvalue weighted by Crippen LogP contribution is -2.00. The summed E-state index contributed by atoms with van der Waals surface area (Å²) in [6.07, 6.45) is 7.35. The third-order valence-corrected chi connectivity index (χ3v) is 2.50. The molecule has 0 aliphatic heterocycles. The zero-order chi connectivity index (χ0) is 11.4. The van der Waals surface area contributed by atoms with Crippen molar-refractivity contribution in [2.45, 2.75) is 6.54 Å². The topological polar surface area (TPSA) is 17.8 Å². The van der Waals surface area contributed by atoms with Crippen molar-refractivity contribution < 1.29 is 0 Å². The smallest absolute Gasteiger partial charge is 0.132 e. The molecule has 0 spiro atoms. The summed E-state index contributed by atoms with van der Waals surface area (Å²) in [6, 6.07) is 8.33. The predicted octanol–water partition coefficient (Wildman–Crippen LogP) is 3.22. The highest BCUT2D eigenvalue weighted by molar-refractivity contribution is 5.47. The molecule has 1 heterocycles. The molecule has 1 aromatic heterocycles. The summed E-state index contributed by atoms with van der Waals surface area (Å²) in [5, 5.41) is 0. The Morgan fingerprint density at radius 2 is 1.88 bits per heavy atom. The van der Waals surface area contributed by atoms with Gasteiger partial charge in [0.25, 0.3) is 0 Å². The van der Waals surface area contributed by atoms with E-state index in [4.69, 9.17) is 0 Å². The van der Waals surface area contributed by atoms with E-state index in [0.29, 0.717) is 0 Å². The molecule has 0 saturated heterocycles. The predicted molar refractivity (Wildman–Crippen MR) is 68.0 cm³/mol. The Labute approximate surface area is 95.6 Å². The molecule has 0 saturated carbocycles. The van der Waals surface area contributed by atoms with Crippen LogP contribution in [0.3, 0.4) is 0 Å². The molecule has 0 atom stereocenters. The van der Waals surface area contributed by atoms with Gasteiger partial charge in [-0.25, -0.2) is 4.98 Å². The van der Waals surface area contributed by atoms with E-state index in [1.54, 1.807) is 12.3 Å². The van der Waals surface area contributed by atoms with Crippen molar-refractivity contribution in [2.75, 3.05) is 0 Å². The van der Waals surface area contributed by atoms with Crippen molar-refractivity contribution in [1.29, 1.82) is 0 Å². The zero-order valence-corrected chi connectivity index (χ0v) is 9.13. The number of hydrogen-bond acceptors (Lipinski definition) is 1. The monoisotopic (exact) mass is 210 g/mol. The lowest BCUT2D eigenvalue weighted by Gasteiger charge is -2.05. The summed E-state index contributed by atoms with van der Waals surface area (Å²) >= 11 is 0. The highest BCUT2D eigenvalue weighted by Crippen LogP contribution is 2.09. The third-order valence-electron chi connectivity index (χ3n) is 2.50. The maximum atomic E-state index is 4.19. The van der Waals surface area contributed by atoms with Gasteiger partial charge in [0.15, 0.2) is 0 Å². The quantitative estimate of drug-likeness (QED) is 0.757. The summed E-state index contributed by atoms with van der Waals surface area (Å²) in [5.74, 6) is 0.896. The molecule has 0 aliphatic rings. The molecule has 0 unspecified atom stereocenters. The average molecular weight is 210 g/mol. The van der Waals surface area contributed by atoms with Gasteiger partial charge in [-0.3, -0.25) is 0 Å². The van der Waals surface area contributed by atoms with Gasteiger partial charge in [-0.05, 0) is 17.2 Å². The van der Waals surface area contributed by atoms with Gasteiger partial charge in [-0.1, -0.05) is 43.5 Å². The number of imidazole rings is 1. The molecule has 1 aromatic carbocycles. The fourth-order valence-electron chi connectivity index (χ4n) is 1.60. The van der Waals surface area contributed by atoms with Gasteiger partial charge in [0.1, 0.15) is 5.82 Å². The second-order valence-corrected chi connectivity index (χ2v) is 3.56. The maximum absolute atomic E-state index is 4.19. The minimum Gasteiger partial charge on any atom is -0.327 e. The summed E-state index contributed by atoms with van der Waals surface area (Å²) in [6.45, 7) is 8.29. The van der Waals surface area contributed by atoms with Crippen LogP contribution in [0, 0.1) is 0 Å². The molecule has 2 heteroatoms. The molecule has 2 aromatic rings. The first-order chi connectivity index (χ1) is 7.83. The molecule has 0 radical (unpaired) electrons. The molecule has 0 aliphatic carbocycles. The lowest BCUT2D eigenvalue weighted by molar-refractivity contribution is 0.787. The van der Waals surface area contributed by atoms with E-state index < -0.39 is 0 Å². The molecular formula is C14H14N2. The van der Waals surface area contributed by atoms with E-state index in [9.17, 15) is 0 Å². The zero-order valence-electron chi connectivity index (χ0n) is 9.13. The van der Waals surface area contributed by atoms with Crippen LogP contribution in [0.2, 0.25) is 0 Å². The van der Waals surface area contributed by atoms with Crippen LogP contribution in [0.4, 0.5) is 0 Å². The van der Waals surface area contributed by atoms with Gasteiger partial charge in [0.05, 0.1) is 0 Å². The third kappa shape index (κ3) is 2.11. The Bertz CT molecular complexity index is 492. The Balaban J connectivity index is 2.20. The van der Waals surface area contributed by atoms with Crippen LogP contribution in [-0.2, 0) is 6.54 Å². The van der Waals surface area contributed by atoms with E-state index in [2.05, 4.69) is 47.0 Å². The van der Waals surface area contributed by atoms with Gasteiger partial charge in [0.2, 0.25) is 0 Å². The van der Waals surface area contributed by atoms with Gasteiger partial charge in [-0.15, -0.1) is 0 Å². The minimum atomic E-state index is 0.818. The Kier molecular flexibility index (Phi) is 3.01. The number of hydrogen-bond donors (Lipinski definition) is 0. The highest BCUT2D eigenvalue weighted by Gasteiger charge is 1.99. The summed E-state index contributed by atoms with van der Waals surface area (Å²) in [7, 11) is 0. The first-order valence-electron chi connectivity index (χ1n) is 5.18. The molecule has 16 heavy (non-hydrogen) atoms. The van der Waals surface area contributed by atoms with E-state index >= 15 is 0 Å². The van der Waals surface area contributed by atoms with Gasteiger partial charge in [-0.2, -0.15) is 0 Å². The molecule has 2 rings (SSSR count). The summed E-state index contributed by atoms with van der Waals surface area (Å²) in [4.78, 5) is 4.19. The standard InChI is InChI=1S/C14H14N2/c1-3-12-5-7-13(8-6-12)11-16-10-9-15-14(16)4-2/h3-10H,1-2,11H2. The van der Waals surface area contributed by atoms with Gasteiger partial charge in [0, 0.05) is 18.9 Å². The van der Waals surface area contributed by atoms with Crippen molar-refractivity contribution in [1.82, 2.24) is 9.55 Å². The van der Waals surface area contributed by atoms with Crippen LogP contribution in [0.15, 0.2) is 49.8 Å². The second kappa shape index (κ2) is 4.62. The number of aromatic nitrogens is 2. The van der Waals surface area contributed by atoms with Crippen molar-refractivity contribution in [3.05, 3.63) is 66.8 Å². The van der Waals surface area contributed by atoms with Crippen molar-refractivity contribution >= 4 is 12.2 Å². The van der Waals surface area contributed by atoms with Crippen LogP contribution in [0.5, 0.6) is 0 Å². The minimum absolute atomic E-state index is 0.818.